The van der Waals surface area contributed by atoms with Crippen LogP contribution in [0.2, 0.25) is 0 Å². The summed E-state index contributed by atoms with van der Waals surface area (Å²) in [4.78, 5) is 11.1. The van der Waals surface area contributed by atoms with Crippen LogP contribution >= 0.6 is 0 Å². The molecule has 1 aliphatic carbocycles. The molecule has 1 unspecified atom stereocenters. The van der Waals surface area contributed by atoms with E-state index in [1.807, 2.05) is 0 Å². The summed E-state index contributed by atoms with van der Waals surface area (Å²) in [5.74, 6) is -5.45. The van der Waals surface area contributed by atoms with E-state index in [9.17, 15) is 18.7 Å². The van der Waals surface area contributed by atoms with Crippen LogP contribution in [-0.4, -0.2) is 29.2 Å². The Balaban J connectivity index is 2.87. The molecule has 16 heavy (non-hydrogen) atoms. The summed E-state index contributed by atoms with van der Waals surface area (Å²) < 4.78 is 31.7. The van der Waals surface area contributed by atoms with Crippen LogP contribution in [0.15, 0.2) is 0 Å². The average molecular weight is 236 g/mol. The molecule has 0 saturated heterocycles. The van der Waals surface area contributed by atoms with Crippen LogP contribution < -0.4 is 0 Å². The molecule has 1 rings (SSSR count). The predicted molar refractivity (Wildman–Crippen MR) is 54.2 cm³/mol. The van der Waals surface area contributed by atoms with Gasteiger partial charge < -0.3 is 9.84 Å². The minimum Gasteiger partial charge on any atom is -0.461 e. The van der Waals surface area contributed by atoms with Crippen LogP contribution in [0.1, 0.15) is 40.0 Å². The maximum atomic E-state index is 13.7. The van der Waals surface area contributed by atoms with Crippen molar-refractivity contribution in [3.8, 4) is 0 Å². The molecule has 94 valence electrons. The van der Waals surface area contributed by atoms with Gasteiger partial charge in [0.15, 0.2) is 0 Å². The van der Waals surface area contributed by atoms with Gasteiger partial charge in [-0.15, -0.1) is 0 Å². The van der Waals surface area contributed by atoms with Crippen LogP contribution in [0.5, 0.6) is 0 Å². The van der Waals surface area contributed by atoms with Crippen molar-refractivity contribution in [2.75, 3.05) is 6.61 Å². The average Bonchev–Trinajstić information content (AvgIpc) is 2.42. The van der Waals surface area contributed by atoms with E-state index in [1.165, 1.54) is 6.92 Å². The summed E-state index contributed by atoms with van der Waals surface area (Å²) in [5.41, 5.74) is -2.63. The number of carbonyl (C=O) groups is 1. The zero-order valence-corrected chi connectivity index (χ0v) is 9.85. The van der Waals surface area contributed by atoms with Crippen molar-refractivity contribution >= 4 is 5.97 Å². The Kier molecular flexibility index (Phi) is 3.29. The fraction of sp³-hybridized carbons (Fsp3) is 0.909. The van der Waals surface area contributed by atoms with Gasteiger partial charge in [-0.1, -0.05) is 13.8 Å². The number of hydrogen-bond donors (Lipinski definition) is 1. The van der Waals surface area contributed by atoms with Crippen LogP contribution in [0, 0.1) is 5.41 Å². The number of halogens is 2. The molecular formula is C11H18F2O3. The van der Waals surface area contributed by atoms with Gasteiger partial charge >= 0.3 is 11.9 Å². The third kappa shape index (κ3) is 2.19. The Bertz CT molecular complexity index is 289. The maximum Gasteiger partial charge on any atom is 0.380 e. The van der Waals surface area contributed by atoms with Gasteiger partial charge in [-0.3, -0.25) is 0 Å². The molecule has 1 saturated carbocycles. The van der Waals surface area contributed by atoms with E-state index >= 15 is 0 Å². The molecule has 0 aromatic rings. The van der Waals surface area contributed by atoms with E-state index in [-0.39, 0.29) is 24.9 Å². The quantitative estimate of drug-likeness (QED) is 0.763. The lowest BCUT2D eigenvalue weighted by Gasteiger charge is -2.31. The standard InChI is InChI=1S/C11H18F2O3/c1-4-16-8(14)11(12,13)10(15)6-5-9(2,3)7-10/h15H,4-7H2,1-3H3. The monoisotopic (exact) mass is 236 g/mol. The number of carbonyl (C=O) groups excluding carboxylic acids is 1. The predicted octanol–water partition coefficient (Wildman–Crippen LogP) is 2.13. The minimum absolute atomic E-state index is 0.0776. The Labute approximate surface area is 93.8 Å². The highest BCUT2D eigenvalue weighted by atomic mass is 19.3. The molecular weight excluding hydrogens is 218 g/mol. The molecule has 5 heteroatoms. The molecule has 0 aromatic carbocycles. The topological polar surface area (TPSA) is 46.5 Å². The van der Waals surface area contributed by atoms with Crippen molar-refractivity contribution in [3.05, 3.63) is 0 Å². The first-order chi connectivity index (χ1) is 7.15. The zero-order chi connectivity index (χ0) is 12.6. The summed E-state index contributed by atoms with van der Waals surface area (Å²) in [5, 5.41) is 9.90. The summed E-state index contributed by atoms with van der Waals surface area (Å²) in [7, 11) is 0. The lowest BCUT2D eigenvalue weighted by Crippen LogP contribution is -2.52. The van der Waals surface area contributed by atoms with Crippen molar-refractivity contribution < 1.29 is 23.4 Å². The molecule has 0 amide bonds. The Hall–Kier alpha value is -0.710. The Morgan fingerprint density at radius 2 is 2.00 bits per heavy atom. The number of ether oxygens (including phenoxy) is 1. The zero-order valence-electron chi connectivity index (χ0n) is 9.85. The van der Waals surface area contributed by atoms with Crippen LogP contribution in [0.25, 0.3) is 0 Å². The van der Waals surface area contributed by atoms with Gasteiger partial charge in [0.1, 0.15) is 5.60 Å². The van der Waals surface area contributed by atoms with E-state index in [4.69, 9.17) is 0 Å². The molecule has 0 aromatic heterocycles. The highest BCUT2D eigenvalue weighted by molar-refractivity contribution is 5.79. The number of hydrogen-bond acceptors (Lipinski definition) is 3. The van der Waals surface area contributed by atoms with E-state index in [2.05, 4.69) is 4.74 Å². The third-order valence-electron chi connectivity index (χ3n) is 3.10. The van der Waals surface area contributed by atoms with Crippen LogP contribution in [0.4, 0.5) is 8.78 Å². The first-order valence-electron chi connectivity index (χ1n) is 5.42. The summed E-state index contributed by atoms with van der Waals surface area (Å²) in [6, 6.07) is 0. The van der Waals surface area contributed by atoms with Gasteiger partial charge in [0.2, 0.25) is 0 Å². The molecule has 0 spiro atoms. The largest absolute Gasteiger partial charge is 0.461 e. The van der Waals surface area contributed by atoms with E-state index in [1.54, 1.807) is 13.8 Å². The second-order valence-electron chi connectivity index (χ2n) is 5.17. The smallest absolute Gasteiger partial charge is 0.380 e. The highest BCUT2D eigenvalue weighted by Crippen LogP contribution is 2.50. The van der Waals surface area contributed by atoms with Crippen molar-refractivity contribution in [1.29, 1.82) is 0 Å². The van der Waals surface area contributed by atoms with Crippen LogP contribution in [-0.2, 0) is 9.53 Å². The van der Waals surface area contributed by atoms with Gasteiger partial charge in [0.05, 0.1) is 6.61 Å². The molecule has 1 atom stereocenters. The molecule has 0 heterocycles. The molecule has 1 N–H and O–H groups in total. The van der Waals surface area contributed by atoms with Crippen molar-refractivity contribution in [2.45, 2.75) is 51.6 Å². The van der Waals surface area contributed by atoms with Crippen molar-refractivity contribution in [3.63, 3.8) is 0 Å². The Morgan fingerprint density at radius 3 is 2.38 bits per heavy atom. The molecule has 3 nitrogen and oxygen atoms in total. The highest BCUT2D eigenvalue weighted by Gasteiger charge is 2.63. The lowest BCUT2D eigenvalue weighted by atomic mass is 9.86. The van der Waals surface area contributed by atoms with Crippen LogP contribution in [0.3, 0.4) is 0 Å². The van der Waals surface area contributed by atoms with Gasteiger partial charge in [-0.05, 0) is 31.6 Å². The van der Waals surface area contributed by atoms with E-state index < -0.39 is 17.5 Å². The van der Waals surface area contributed by atoms with Gasteiger partial charge in [-0.2, -0.15) is 8.78 Å². The first-order valence-corrected chi connectivity index (χ1v) is 5.42. The second kappa shape index (κ2) is 3.95. The number of alkyl halides is 2. The maximum absolute atomic E-state index is 13.7. The van der Waals surface area contributed by atoms with Gasteiger partial charge in [0, 0.05) is 0 Å². The Morgan fingerprint density at radius 1 is 1.44 bits per heavy atom. The lowest BCUT2D eigenvalue weighted by molar-refractivity contribution is -0.213. The minimum atomic E-state index is -3.82. The molecule has 0 bridgehead atoms. The fourth-order valence-electron chi connectivity index (χ4n) is 2.19. The number of rotatable bonds is 3. The molecule has 1 aliphatic rings. The molecule has 0 radical (unpaired) electrons. The second-order valence-corrected chi connectivity index (χ2v) is 5.17. The normalized spacial score (nSPS) is 29.1. The number of aliphatic hydroxyl groups is 1. The molecule has 0 aliphatic heterocycles. The summed E-state index contributed by atoms with van der Waals surface area (Å²) in [6.07, 6.45) is 0.302. The molecule has 1 fully saturated rings. The third-order valence-corrected chi connectivity index (χ3v) is 3.10. The van der Waals surface area contributed by atoms with Crippen molar-refractivity contribution in [2.24, 2.45) is 5.41 Å². The van der Waals surface area contributed by atoms with Gasteiger partial charge in [0.25, 0.3) is 0 Å². The SMILES string of the molecule is CCOC(=O)C(F)(F)C1(O)CCC(C)(C)C1. The van der Waals surface area contributed by atoms with E-state index in [0.29, 0.717) is 6.42 Å². The fourth-order valence-corrected chi connectivity index (χ4v) is 2.19. The number of esters is 1. The summed E-state index contributed by atoms with van der Waals surface area (Å²) in [6.45, 7) is 4.93. The van der Waals surface area contributed by atoms with Crippen molar-refractivity contribution in [1.82, 2.24) is 0 Å². The van der Waals surface area contributed by atoms with E-state index in [0.717, 1.165) is 0 Å². The summed E-state index contributed by atoms with van der Waals surface area (Å²) >= 11 is 0. The van der Waals surface area contributed by atoms with Gasteiger partial charge in [-0.25, -0.2) is 4.79 Å². The first kappa shape index (κ1) is 13.4.